The predicted molar refractivity (Wildman–Crippen MR) is 113 cm³/mol. The van der Waals surface area contributed by atoms with E-state index in [0.717, 1.165) is 28.6 Å². The monoisotopic (exact) mass is 494 g/mol. The standard InChI is InChI=1S/C13H11IO.C9H12O4/c14-12-8-4-5-9-13(12)15-10-11-6-2-1-3-7-11;10-7-6-8(11)13-9(12-7)4-2-1-3-5-9/h1-9H,10H2;1-6H2. The van der Waals surface area contributed by atoms with Crippen LogP contribution < -0.4 is 4.74 Å². The van der Waals surface area contributed by atoms with Crippen molar-refractivity contribution >= 4 is 34.5 Å². The smallest absolute Gasteiger partial charge is 0.320 e. The Kier molecular flexibility index (Phi) is 7.30. The Labute approximate surface area is 178 Å². The van der Waals surface area contributed by atoms with Gasteiger partial charge in [0.05, 0.1) is 3.57 Å². The summed E-state index contributed by atoms with van der Waals surface area (Å²) in [6, 6.07) is 18.2. The molecule has 0 amide bonds. The molecule has 5 nitrogen and oxygen atoms in total. The van der Waals surface area contributed by atoms with Crippen molar-refractivity contribution in [2.24, 2.45) is 0 Å². The molecular formula is C22H23IO5. The summed E-state index contributed by atoms with van der Waals surface area (Å²) in [4.78, 5) is 22.0. The van der Waals surface area contributed by atoms with Gasteiger partial charge in [0.1, 0.15) is 18.8 Å². The van der Waals surface area contributed by atoms with Gasteiger partial charge in [-0.25, -0.2) is 0 Å². The normalized spacial score (nSPS) is 17.8. The maximum Gasteiger partial charge on any atom is 0.320 e. The van der Waals surface area contributed by atoms with Crippen molar-refractivity contribution in [3.63, 3.8) is 0 Å². The van der Waals surface area contributed by atoms with Gasteiger partial charge in [0.2, 0.25) is 0 Å². The van der Waals surface area contributed by atoms with Crippen molar-refractivity contribution in [3.05, 3.63) is 63.7 Å². The molecule has 0 aromatic heterocycles. The Morgan fingerprint density at radius 3 is 2.11 bits per heavy atom. The van der Waals surface area contributed by atoms with Crippen molar-refractivity contribution in [1.29, 1.82) is 0 Å². The van der Waals surface area contributed by atoms with Gasteiger partial charge in [-0.1, -0.05) is 48.9 Å². The van der Waals surface area contributed by atoms with E-state index < -0.39 is 17.7 Å². The lowest BCUT2D eigenvalue weighted by molar-refractivity contribution is -0.252. The summed E-state index contributed by atoms with van der Waals surface area (Å²) in [6.45, 7) is 0.626. The summed E-state index contributed by atoms with van der Waals surface area (Å²) in [5.41, 5.74) is 1.19. The van der Waals surface area contributed by atoms with Crippen molar-refractivity contribution in [2.45, 2.75) is 50.9 Å². The molecule has 0 N–H and O–H groups in total. The summed E-state index contributed by atoms with van der Waals surface area (Å²) < 4.78 is 17.1. The van der Waals surface area contributed by atoms with E-state index >= 15 is 0 Å². The van der Waals surface area contributed by atoms with E-state index in [1.54, 1.807) is 0 Å². The summed E-state index contributed by atoms with van der Waals surface area (Å²) >= 11 is 2.28. The van der Waals surface area contributed by atoms with E-state index in [0.29, 0.717) is 19.4 Å². The van der Waals surface area contributed by atoms with Crippen molar-refractivity contribution < 1.29 is 23.8 Å². The summed E-state index contributed by atoms with van der Waals surface area (Å²) in [6.07, 6.45) is 4.12. The molecule has 1 aliphatic carbocycles. The highest BCUT2D eigenvalue weighted by Crippen LogP contribution is 2.35. The minimum atomic E-state index is -0.898. The van der Waals surface area contributed by atoms with Crippen LogP contribution in [0, 0.1) is 3.57 Å². The number of esters is 2. The third-order valence-electron chi connectivity index (χ3n) is 4.58. The molecule has 0 radical (unpaired) electrons. The van der Waals surface area contributed by atoms with Gasteiger partial charge in [-0.05, 0) is 53.1 Å². The molecule has 0 bridgehead atoms. The maximum absolute atomic E-state index is 11.0. The fourth-order valence-electron chi connectivity index (χ4n) is 3.22. The third-order valence-corrected chi connectivity index (χ3v) is 5.47. The number of halogens is 1. The zero-order valence-corrected chi connectivity index (χ0v) is 17.7. The molecule has 1 spiro atoms. The van der Waals surface area contributed by atoms with Gasteiger partial charge >= 0.3 is 11.9 Å². The molecule has 0 atom stereocenters. The molecule has 1 saturated heterocycles. The second-order valence-corrected chi connectivity index (χ2v) is 7.96. The van der Waals surface area contributed by atoms with Gasteiger partial charge < -0.3 is 14.2 Å². The molecule has 6 heteroatoms. The summed E-state index contributed by atoms with van der Waals surface area (Å²) in [7, 11) is 0. The first kappa shape index (κ1) is 20.6. The topological polar surface area (TPSA) is 61.8 Å². The number of carbonyl (C=O) groups is 2. The van der Waals surface area contributed by atoms with Crippen LogP contribution in [0.5, 0.6) is 5.75 Å². The first-order chi connectivity index (χ1) is 13.6. The summed E-state index contributed by atoms with van der Waals surface area (Å²) in [5.74, 6) is -0.844. The highest BCUT2D eigenvalue weighted by Gasteiger charge is 2.43. The van der Waals surface area contributed by atoms with Crippen LogP contribution in [0.1, 0.15) is 44.1 Å². The number of hydrogen-bond donors (Lipinski definition) is 0. The van der Waals surface area contributed by atoms with E-state index in [2.05, 4.69) is 34.7 Å². The molecule has 2 aromatic rings. The fourth-order valence-corrected chi connectivity index (χ4v) is 3.76. The average Bonchev–Trinajstić information content (AvgIpc) is 2.68. The number of hydrogen-bond acceptors (Lipinski definition) is 5. The largest absolute Gasteiger partial charge is 0.488 e. The first-order valence-corrected chi connectivity index (χ1v) is 10.5. The Morgan fingerprint density at radius 2 is 1.46 bits per heavy atom. The zero-order valence-electron chi connectivity index (χ0n) is 15.6. The molecule has 1 heterocycles. The van der Waals surface area contributed by atoms with E-state index in [4.69, 9.17) is 14.2 Å². The number of ether oxygens (including phenoxy) is 3. The van der Waals surface area contributed by atoms with Gasteiger partial charge in [0.25, 0.3) is 5.79 Å². The molecular weight excluding hydrogens is 471 g/mol. The molecule has 148 valence electrons. The van der Waals surface area contributed by atoms with E-state index in [9.17, 15) is 9.59 Å². The number of para-hydroxylation sites is 1. The van der Waals surface area contributed by atoms with Crippen LogP contribution >= 0.6 is 22.6 Å². The van der Waals surface area contributed by atoms with E-state index in [1.165, 1.54) is 5.56 Å². The lowest BCUT2D eigenvalue weighted by Gasteiger charge is -2.38. The highest BCUT2D eigenvalue weighted by molar-refractivity contribution is 14.1. The van der Waals surface area contributed by atoms with Crippen LogP contribution in [0.15, 0.2) is 54.6 Å². The van der Waals surface area contributed by atoms with E-state index in [-0.39, 0.29) is 6.42 Å². The first-order valence-electron chi connectivity index (χ1n) is 9.41. The zero-order chi connectivity index (χ0) is 19.8. The van der Waals surface area contributed by atoms with Gasteiger partial charge in [0, 0.05) is 12.8 Å². The molecule has 4 rings (SSSR count). The van der Waals surface area contributed by atoms with Crippen LogP contribution in [0.25, 0.3) is 0 Å². The Bertz CT molecular complexity index is 782. The van der Waals surface area contributed by atoms with Crippen molar-refractivity contribution in [3.8, 4) is 5.75 Å². The van der Waals surface area contributed by atoms with Gasteiger partial charge in [-0.2, -0.15) is 0 Å². The lowest BCUT2D eigenvalue weighted by atomic mass is 9.93. The van der Waals surface area contributed by atoms with Crippen LogP contribution in [0.4, 0.5) is 0 Å². The maximum atomic E-state index is 11.0. The molecule has 0 unspecified atom stereocenters. The minimum Gasteiger partial charge on any atom is -0.488 e. The number of benzene rings is 2. The Balaban J connectivity index is 0.000000162. The molecule has 2 fully saturated rings. The van der Waals surface area contributed by atoms with Crippen LogP contribution in [0.3, 0.4) is 0 Å². The highest BCUT2D eigenvalue weighted by atomic mass is 127. The Morgan fingerprint density at radius 1 is 0.857 bits per heavy atom. The predicted octanol–water partition coefficient (Wildman–Crippen LogP) is 5.01. The third kappa shape index (κ3) is 5.95. The van der Waals surface area contributed by atoms with Crippen LogP contribution in [0.2, 0.25) is 0 Å². The average molecular weight is 494 g/mol. The van der Waals surface area contributed by atoms with Gasteiger partial charge in [-0.3, -0.25) is 9.59 Å². The van der Waals surface area contributed by atoms with Crippen molar-refractivity contribution in [1.82, 2.24) is 0 Å². The van der Waals surface area contributed by atoms with Gasteiger partial charge in [-0.15, -0.1) is 0 Å². The lowest BCUT2D eigenvalue weighted by Crippen LogP contribution is -2.46. The number of carbonyl (C=O) groups excluding carboxylic acids is 2. The molecule has 28 heavy (non-hydrogen) atoms. The quantitative estimate of drug-likeness (QED) is 0.341. The second-order valence-electron chi connectivity index (χ2n) is 6.80. The van der Waals surface area contributed by atoms with E-state index in [1.807, 2.05) is 42.5 Å². The van der Waals surface area contributed by atoms with Crippen molar-refractivity contribution in [2.75, 3.05) is 0 Å². The van der Waals surface area contributed by atoms with Crippen LogP contribution in [-0.2, 0) is 25.7 Å². The second kappa shape index (κ2) is 9.91. The fraction of sp³-hybridized carbons (Fsp3) is 0.364. The molecule has 1 aliphatic heterocycles. The van der Waals surface area contributed by atoms with Crippen LogP contribution in [-0.4, -0.2) is 17.7 Å². The SMILES string of the molecule is Ic1ccccc1OCc1ccccc1.O=C1CC(=O)OC2(CCCCC2)O1. The Hall–Kier alpha value is -2.09. The summed E-state index contributed by atoms with van der Waals surface area (Å²) in [5, 5.41) is 0. The minimum absolute atomic E-state index is 0.234. The molecule has 1 saturated carbocycles. The number of rotatable bonds is 3. The van der Waals surface area contributed by atoms with Gasteiger partial charge in [0.15, 0.2) is 0 Å². The molecule has 2 aromatic carbocycles. The molecule has 2 aliphatic rings.